The number of urea groups is 2. The third-order valence-corrected chi connectivity index (χ3v) is 16.1. The molecule has 4 amide bonds. The Morgan fingerprint density at radius 3 is 1.28 bits per heavy atom. The van der Waals surface area contributed by atoms with E-state index in [-0.39, 0.29) is 112 Å². The number of hydrogen-bond donors (Lipinski definition) is 6. The van der Waals surface area contributed by atoms with Gasteiger partial charge in [-0.25, -0.2) is 44.6 Å². The maximum absolute atomic E-state index is 15.2. The van der Waals surface area contributed by atoms with Crippen LogP contribution in [0.5, 0.6) is 0 Å². The van der Waals surface area contributed by atoms with Crippen molar-refractivity contribution in [3.63, 3.8) is 0 Å². The lowest BCUT2D eigenvalue weighted by atomic mass is 9.83. The minimum atomic E-state index is -4.02. The van der Waals surface area contributed by atoms with Crippen molar-refractivity contribution in [3.8, 4) is 12.1 Å². The molecule has 2 aliphatic rings. The van der Waals surface area contributed by atoms with E-state index in [0.29, 0.717) is 84.4 Å². The number of benzene rings is 4. The minimum Gasteiger partial charge on any atom is -0.378 e. The molecular weight excluding hydrogens is 1100 g/mol. The molecule has 78 heavy (non-hydrogen) atoms. The number of fused-ring (bicyclic) bond motifs is 2. The zero-order chi connectivity index (χ0) is 56.2. The monoisotopic (exact) mass is 1160 g/mol. The van der Waals surface area contributed by atoms with E-state index in [1.54, 1.807) is 24.3 Å². The molecule has 0 bridgehead atoms. The van der Waals surface area contributed by atoms with Crippen molar-refractivity contribution >= 4 is 55.3 Å². The number of ether oxygens (including phenoxy) is 4. The van der Waals surface area contributed by atoms with Gasteiger partial charge >= 0.3 is 12.1 Å². The average molecular weight is 1160 g/mol. The van der Waals surface area contributed by atoms with Crippen LogP contribution in [0, 0.1) is 34.3 Å². The average Bonchev–Trinajstić information content (AvgIpc) is 3.43. The highest BCUT2D eigenvalue weighted by Gasteiger charge is 2.32. The van der Waals surface area contributed by atoms with Gasteiger partial charge in [0.05, 0.1) is 85.9 Å². The molecule has 2 atom stereocenters. The largest absolute Gasteiger partial charge is 0.378 e. The molecule has 2 heterocycles. The molecule has 6 N–H and O–H groups in total. The Bertz CT molecular complexity index is 2840. The molecule has 0 saturated carbocycles. The maximum atomic E-state index is 15.2. The number of rotatable bonds is 29. The summed E-state index contributed by atoms with van der Waals surface area (Å²) >= 11 is 12.6. The summed E-state index contributed by atoms with van der Waals surface area (Å²) in [6.07, 6.45) is 1.23. The van der Waals surface area contributed by atoms with Crippen molar-refractivity contribution in [2.75, 3.05) is 119 Å². The van der Waals surface area contributed by atoms with Gasteiger partial charge in [0.1, 0.15) is 11.6 Å². The fourth-order valence-corrected chi connectivity index (χ4v) is 11.5. The van der Waals surface area contributed by atoms with Crippen LogP contribution in [-0.4, -0.2) is 158 Å². The fraction of sp³-hybridized carbons (Fsp3) is 0.462. The van der Waals surface area contributed by atoms with E-state index in [9.17, 15) is 36.9 Å². The molecule has 0 aromatic heterocycles. The van der Waals surface area contributed by atoms with Crippen LogP contribution < -0.4 is 30.7 Å². The van der Waals surface area contributed by atoms with Crippen LogP contribution in [0.1, 0.15) is 69.2 Å². The summed E-state index contributed by atoms with van der Waals surface area (Å²) in [6.45, 7) is 4.21. The molecule has 6 rings (SSSR count). The van der Waals surface area contributed by atoms with Crippen molar-refractivity contribution in [1.82, 2.24) is 40.5 Å². The van der Waals surface area contributed by atoms with E-state index < -0.39 is 43.5 Å². The first-order chi connectivity index (χ1) is 37.4. The number of amides is 4. The van der Waals surface area contributed by atoms with E-state index in [0.717, 1.165) is 23.3 Å². The van der Waals surface area contributed by atoms with Crippen LogP contribution in [-0.2, 0) is 52.1 Å². The van der Waals surface area contributed by atoms with Crippen molar-refractivity contribution in [2.45, 2.75) is 47.6 Å². The van der Waals surface area contributed by atoms with Crippen LogP contribution in [0.15, 0.2) is 70.5 Å². The predicted octanol–water partition coefficient (Wildman–Crippen LogP) is 4.87. The van der Waals surface area contributed by atoms with Gasteiger partial charge in [-0.05, 0) is 121 Å². The SMILES string of the molecule is CN1Cc2c(C#N)cc(Cl)cc2C(c2cc(S(=O)(=O)NCCOCCOCCNC(=O)NCCCCNC(=O)NCCOCCOCCNS(=O)(=O)c3ccc(F)c(C4CN(C)Cc5c(C#N)cc(Cl)cc54)c3)ccc2F)C1. The lowest BCUT2D eigenvalue weighted by Gasteiger charge is -2.33. The van der Waals surface area contributed by atoms with Gasteiger partial charge in [0.25, 0.3) is 0 Å². The van der Waals surface area contributed by atoms with Crippen molar-refractivity contribution < 1.29 is 54.2 Å². The number of nitrogens with one attached hydrogen (secondary N) is 6. The number of sulfonamides is 2. The van der Waals surface area contributed by atoms with Crippen LogP contribution in [0.4, 0.5) is 18.4 Å². The van der Waals surface area contributed by atoms with Gasteiger partial charge in [-0.2, -0.15) is 10.5 Å². The standard InChI is InChI=1S/C52H64Cl2F2N10O10S2/c1-65-31-45-35(29-57)23-37(53)25-41(45)47(33-65)43-27-39(5-7-49(43)55)77(69,70)63-13-17-75-21-19-73-15-11-61-51(67)59-9-3-4-10-60-52(68)62-12-16-74-20-22-76-18-14-64-78(71,72)40-6-8-50(56)44(28-40)48-34-66(2)32-46-36(30-58)24-38(54)26-42(46)48/h5-8,23-28,47-48,63-64H,3-4,9-22,31-34H2,1-2H3,(H2,59,61,67)(H2,60,62,68). The number of carbonyl (C=O) groups is 2. The zero-order valence-corrected chi connectivity index (χ0v) is 46.4. The molecule has 4 aromatic rings. The first-order valence-corrected chi connectivity index (χ1v) is 28.9. The summed E-state index contributed by atoms with van der Waals surface area (Å²) in [4.78, 5) is 27.9. The van der Waals surface area contributed by atoms with Gasteiger partial charge in [0, 0.05) is 87.3 Å². The van der Waals surface area contributed by atoms with E-state index in [4.69, 9.17) is 42.1 Å². The van der Waals surface area contributed by atoms with Crippen molar-refractivity contribution in [1.29, 1.82) is 10.5 Å². The highest BCUT2D eigenvalue weighted by atomic mass is 35.5. The molecule has 26 heteroatoms. The topological polar surface area (TPSA) is 266 Å². The number of halogens is 4. The molecular formula is C52H64Cl2F2N10O10S2. The van der Waals surface area contributed by atoms with Crippen LogP contribution in [0.25, 0.3) is 0 Å². The number of unbranched alkanes of at least 4 members (excludes halogenated alkanes) is 1. The van der Waals surface area contributed by atoms with Crippen LogP contribution in [0.2, 0.25) is 10.0 Å². The molecule has 4 aromatic carbocycles. The molecule has 422 valence electrons. The molecule has 2 aliphatic heterocycles. The number of likely N-dealkylation sites (N-methyl/N-ethyl adjacent to an activating group) is 2. The summed E-state index contributed by atoms with van der Waals surface area (Å²) in [6, 6.07) is 17.3. The Morgan fingerprint density at radius 1 is 0.551 bits per heavy atom. The second kappa shape index (κ2) is 30.1. The normalized spacial score (nSPS) is 15.6. The summed E-state index contributed by atoms with van der Waals surface area (Å²) in [7, 11) is -4.34. The Morgan fingerprint density at radius 2 is 0.910 bits per heavy atom. The minimum absolute atomic E-state index is 0.0418. The lowest BCUT2D eigenvalue weighted by molar-refractivity contribution is 0.0516. The van der Waals surface area contributed by atoms with Gasteiger partial charge in [0.2, 0.25) is 20.0 Å². The van der Waals surface area contributed by atoms with E-state index in [2.05, 4.69) is 42.8 Å². The van der Waals surface area contributed by atoms with Crippen LogP contribution in [0.3, 0.4) is 0 Å². The Balaban J connectivity index is 0.727. The van der Waals surface area contributed by atoms with Gasteiger partial charge in [-0.1, -0.05) is 23.2 Å². The van der Waals surface area contributed by atoms with Crippen molar-refractivity contribution in [3.05, 3.63) is 127 Å². The second-order valence-electron chi connectivity index (χ2n) is 18.4. The molecule has 2 unspecified atom stereocenters. The Hall–Kier alpha value is -5.58. The van der Waals surface area contributed by atoms with E-state index in [1.165, 1.54) is 24.3 Å². The van der Waals surface area contributed by atoms with Gasteiger partial charge in [0.15, 0.2) is 0 Å². The molecule has 0 spiro atoms. The van der Waals surface area contributed by atoms with E-state index >= 15 is 8.78 Å². The highest BCUT2D eigenvalue weighted by Crippen LogP contribution is 2.40. The number of carbonyl (C=O) groups excluding carboxylic acids is 2. The zero-order valence-electron chi connectivity index (χ0n) is 43.3. The summed E-state index contributed by atoms with van der Waals surface area (Å²) in [5.74, 6) is -2.23. The third kappa shape index (κ3) is 18.0. The first-order valence-electron chi connectivity index (χ1n) is 25.1. The molecule has 0 fully saturated rings. The van der Waals surface area contributed by atoms with Crippen molar-refractivity contribution in [2.24, 2.45) is 0 Å². The predicted molar refractivity (Wildman–Crippen MR) is 287 cm³/mol. The number of nitriles is 2. The van der Waals surface area contributed by atoms with E-state index in [1.807, 2.05) is 23.9 Å². The van der Waals surface area contributed by atoms with Gasteiger partial charge in [-0.15, -0.1) is 0 Å². The van der Waals surface area contributed by atoms with Gasteiger partial charge in [-0.3, -0.25) is 0 Å². The summed E-state index contributed by atoms with van der Waals surface area (Å²) in [5, 5.41) is 30.8. The fourth-order valence-electron chi connectivity index (χ4n) is 8.98. The second-order valence-corrected chi connectivity index (χ2v) is 22.9. The molecule has 0 radical (unpaired) electrons. The highest BCUT2D eigenvalue weighted by molar-refractivity contribution is 7.89. The first kappa shape index (κ1) is 61.6. The smallest absolute Gasteiger partial charge is 0.314 e. The Kier molecular flexibility index (Phi) is 23.8. The summed E-state index contributed by atoms with van der Waals surface area (Å²) in [5.41, 5.74) is 3.97. The van der Waals surface area contributed by atoms with Crippen LogP contribution >= 0.6 is 23.2 Å². The number of hydrogen-bond acceptors (Lipinski definition) is 14. The maximum Gasteiger partial charge on any atom is 0.314 e. The summed E-state index contributed by atoms with van der Waals surface area (Å²) < 4.78 is 110. The lowest BCUT2D eigenvalue weighted by Crippen LogP contribution is -2.39. The Labute approximate surface area is 464 Å². The number of nitrogens with zero attached hydrogens (tertiary/aromatic N) is 4. The molecule has 0 saturated heterocycles. The quantitative estimate of drug-likeness (QED) is 0.0397. The van der Waals surface area contributed by atoms with Gasteiger partial charge < -0.3 is 50.0 Å². The molecule has 0 aliphatic carbocycles. The molecule has 20 nitrogen and oxygen atoms in total. The third-order valence-electron chi connectivity index (χ3n) is 12.7.